The van der Waals surface area contributed by atoms with Crippen molar-refractivity contribution in [2.24, 2.45) is 0 Å². The number of carbonyl (C=O) groups excluding carboxylic acids is 1. The third-order valence-corrected chi connectivity index (χ3v) is 4.86. The Hall–Kier alpha value is -4.06. The van der Waals surface area contributed by atoms with Crippen molar-refractivity contribution in [1.29, 1.82) is 0 Å². The number of ketones is 1. The standard InChI is InChI=1S/C25H21NO5/c1-28-18-10-8-16(9-11-18)24(27)20(25-26-21-6-4-5-7-23(21)31-25)15-17-14-19(29-2)12-13-22(17)30-3/h4-15H,1-3H3/b20-15+. The molecular weight excluding hydrogens is 394 g/mol. The highest BCUT2D eigenvalue weighted by atomic mass is 16.5. The third-order valence-electron chi connectivity index (χ3n) is 4.86. The summed E-state index contributed by atoms with van der Waals surface area (Å²) in [5.74, 6) is 1.89. The number of para-hydroxylation sites is 2. The van der Waals surface area contributed by atoms with Crippen LogP contribution >= 0.6 is 0 Å². The van der Waals surface area contributed by atoms with Crippen LogP contribution in [0.25, 0.3) is 22.7 Å². The van der Waals surface area contributed by atoms with Crippen LogP contribution in [0, 0.1) is 0 Å². The maximum atomic E-state index is 13.5. The number of hydrogen-bond acceptors (Lipinski definition) is 6. The number of carbonyl (C=O) groups is 1. The first-order chi connectivity index (χ1) is 15.1. The van der Waals surface area contributed by atoms with E-state index < -0.39 is 0 Å². The molecule has 0 aliphatic rings. The first-order valence-electron chi connectivity index (χ1n) is 9.61. The van der Waals surface area contributed by atoms with Crippen LogP contribution in [0.2, 0.25) is 0 Å². The number of hydrogen-bond donors (Lipinski definition) is 0. The fraction of sp³-hybridized carbons (Fsp3) is 0.120. The molecule has 4 aromatic rings. The van der Waals surface area contributed by atoms with Gasteiger partial charge in [-0.05, 0) is 60.7 Å². The number of rotatable bonds is 7. The van der Waals surface area contributed by atoms with Crippen LogP contribution in [-0.4, -0.2) is 32.1 Å². The molecule has 4 rings (SSSR count). The smallest absolute Gasteiger partial charge is 0.231 e. The predicted octanol–water partition coefficient (Wildman–Crippen LogP) is 5.28. The molecule has 0 fully saturated rings. The van der Waals surface area contributed by atoms with E-state index in [4.69, 9.17) is 18.6 Å². The fourth-order valence-corrected chi connectivity index (χ4v) is 3.22. The summed E-state index contributed by atoms with van der Waals surface area (Å²) in [6, 6.07) is 19.6. The number of allylic oxidation sites excluding steroid dienone is 1. The average molecular weight is 415 g/mol. The Kier molecular flexibility index (Phi) is 5.71. The molecule has 6 heteroatoms. The van der Waals surface area contributed by atoms with Gasteiger partial charge in [-0.25, -0.2) is 4.98 Å². The minimum absolute atomic E-state index is 0.229. The van der Waals surface area contributed by atoms with Gasteiger partial charge in [0.1, 0.15) is 22.8 Å². The molecule has 0 spiro atoms. The van der Waals surface area contributed by atoms with Crippen LogP contribution in [0.4, 0.5) is 0 Å². The van der Waals surface area contributed by atoms with Crippen LogP contribution in [0.5, 0.6) is 17.2 Å². The van der Waals surface area contributed by atoms with Crippen molar-refractivity contribution >= 4 is 28.5 Å². The van der Waals surface area contributed by atoms with E-state index in [0.717, 1.165) is 0 Å². The first kappa shape index (κ1) is 20.2. The zero-order chi connectivity index (χ0) is 21.8. The van der Waals surface area contributed by atoms with Gasteiger partial charge in [0, 0.05) is 11.1 Å². The zero-order valence-electron chi connectivity index (χ0n) is 17.4. The molecule has 1 aromatic heterocycles. The van der Waals surface area contributed by atoms with Gasteiger partial charge in [-0.2, -0.15) is 0 Å². The monoisotopic (exact) mass is 415 g/mol. The number of Topliss-reactive ketones (excluding diaryl/α,β-unsaturated/α-hetero) is 1. The van der Waals surface area contributed by atoms with E-state index in [2.05, 4.69) is 4.98 Å². The van der Waals surface area contributed by atoms with Gasteiger partial charge < -0.3 is 18.6 Å². The van der Waals surface area contributed by atoms with Gasteiger partial charge in [-0.3, -0.25) is 4.79 Å². The van der Waals surface area contributed by atoms with E-state index in [1.807, 2.05) is 24.3 Å². The lowest BCUT2D eigenvalue weighted by Crippen LogP contribution is -2.04. The minimum atomic E-state index is -0.237. The highest BCUT2D eigenvalue weighted by molar-refractivity contribution is 6.31. The molecule has 0 aliphatic carbocycles. The van der Waals surface area contributed by atoms with E-state index >= 15 is 0 Å². The predicted molar refractivity (Wildman–Crippen MR) is 119 cm³/mol. The SMILES string of the molecule is COc1ccc(C(=O)/C(=C\c2cc(OC)ccc2OC)c2nc3ccccc3o2)cc1. The number of methoxy groups -OCH3 is 3. The quantitative estimate of drug-likeness (QED) is 0.302. The van der Waals surface area contributed by atoms with Crippen molar-refractivity contribution in [1.82, 2.24) is 4.98 Å². The Morgan fingerprint density at radius 2 is 1.58 bits per heavy atom. The molecule has 0 saturated carbocycles. The van der Waals surface area contributed by atoms with Crippen molar-refractivity contribution in [2.75, 3.05) is 21.3 Å². The van der Waals surface area contributed by atoms with Gasteiger partial charge in [-0.1, -0.05) is 12.1 Å². The number of oxazole rings is 1. The zero-order valence-corrected chi connectivity index (χ0v) is 17.4. The van der Waals surface area contributed by atoms with Crippen LogP contribution in [0.1, 0.15) is 21.8 Å². The lowest BCUT2D eigenvalue weighted by atomic mass is 10.00. The van der Waals surface area contributed by atoms with E-state index in [9.17, 15) is 4.79 Å². The number of fused-ring (bicyclic) bond motifs is 1. The summed E-state index contributed by atoms with van der Waals surface area (Å²) in [6.45, 7) is 0. The van der Waals surface area contributed by atoms with Gasteiger partial charge in [0.25, 0.3) is 0 Å². The van der Waals surface area contributed by atoms with Crippen molar-refractivity contribution in [3.05, 3.63) is 83.7 Å². The Balaban J connectivity index is 1.88. The second-order valence-electron chi connectivity index (χ2n) is 6.71. The van der Waals surface area contributed by atoms with Crippen LogP contribution in [-0.2, 0) is 0 Å². The molecule has 6 nitrogen and oxygen atoms in total. The highest BCUT2D eigenvalue weighted by Gasteiger charge is 2.21. The van der Waals surface area contributed by atoms with Gasteiger partial charge in [0.15, 0.2) is 11.4 Å². The Bertz CT molecular complexity index is 1220. The molecule has 31 heavy (non-hydrogen) atoms. The molecule has 0 atom stereocenters. The number of benzene rings is 3. The maximum Gasteiger partial charge on any atom is 0.231 e. The first-order valence-corrected chi connectivity index (χ1v) is 9.61. The maximum absolute atomic E-state index is 13.5. The van der Waals surface area contributed by atoms with E-state index in [1.165, 1.54) is 0 Å². The summed E-state index contributed by atoms with van der Waals surface area (Å²) in [4.78, 5) is 18.0. The normalized spacial score (nSPS) is 11.4. The number of aromatic nitrogens is 1. The van der Waals surface area contributed by atoms with Gasteiger partial charge in [-0.15, -0.1) is 0 Å². The fourth-order valence-electron chi connectivity index (χ4n) is 3.22. The molecular formula is C25H21NO5. The number of nitrogens with zero attached hydrogens (tertiary/aromatic N) is 1. The number of ether oxygens (including phenoxy) is 3. The topological polar surface area (TPSA) is 70.8 Å². The lowest BCUT2D eigenvalue weighted by Gasteiger charge is -2.09. The Labute approximate surface area is 179 Å². The molecule has 156 valence electrons. The lowest BCUT2D eigenvalue weighted by molar-refractivity contribution is 0.105. The molecule has 0 saturated heterocycles. The summed E-state index contributed by atoms with van der Waals surface area (Å²) in [6.07, 6.45) is 1.71. The minimum Gasteiger partial charge on any atom is -0.497 e. The van der Waals surface area contributed by atoms with Crippen molar-refractivity contribution < 1.29 is 23.4 Å². The highest BCUT2D eigenvalue weighted by Crippen LogP contribution is 2.31. The Morgan fingerprint density at radius 1 is 0.871 bits per heavy atom. The molecule has 0 N–H and O–H groups in total. The Morgan fingerprint density at radius 3 is 2.26 bits per heavy atom. The largest absolute Gasteiger partial charge is 0.497 e. The molecule has 1 heterocycles. The van der Waals surface area contributed by atoms with E-state index in [0.29, 0.717) is 45.0 Å². The van der Waals surface area contributed by atoms with Crippen LogP contribution < -0.4 is 14.2 Å². The third kappa shape index (κ3) is 4.14. The molecule has 0 aliphatic heterocycles. The van der Waals surface area contributed by atoms with E-state index in [-0.39, 0.29) is 11.7 Å². The molecule has 0 amide bonds. The molecule has 0 unspecified atom stereocenters. The molecule has 0 bridgehead atoms. The van der Waals surface area contributed by atoms with Crippen LogP contribution in [0.3, 0.4) is 0 Å². The van der Waals surface area contributed by atoms with Gasteiger partial charge in [0.05, 0.1) is 26.9 Å². The summed E-state index contributed by atoms with van der Waals surface area (Å²) in [7, 11) is 4.73. The van der Waals surface area contributed by atoms with Crippen molar-refractivity contribution in [3.63, 3.8) is 0 Å². The summed E-state index contributed by atoms with van der Waals surface area (Å²) >= 11 is 0. The molecule has 0 radical (unpaired) electrons. The second-order valence-corrected chi connectivity index (χ2v) is 6.71. The average Bonchev–Trinajstić information content (AvgIpc) is 3.26. The van der Waals surface area contributed by atoms with Crippen molar-refractivity contribution in [3.8, 4) is 17.2 Å². The second kappa shape index (κ2) is 8.75. The van der Waals surface area contributed by atoms with Gasteiger partial charge >= 0.3 is 0 Å². The summed E-state index contributed by atoms with van der Waals surface area (Å²) in [5, 5.41) is 0. The van der Waals surface area contributed by atoms with Crippen LogP contribution in [0.15, 0.2) is 71.1 Å². The van der Waals surface area contributed by atoms with Gasteiger partial charge in [0.2, 0.25) is 5.89 Å². The van der Waals surface area contributed by atoms with E-state index in [1.54, 1.807) is 69.9 Å². The molecule has 3 aromatic carbocycles. The van der Waals surface area contributed by atoms with Crippen molar-refractivity contribution in [2.45, 2.75) is 0 Å². The summed E-state index contributed by atoms with van der Waals surface area (Å²) in [5.41, 5.74) is 2.72. The summed E-state index contributed by atoms with van der Waals surface area (Å²) < 4.78 is 21.9.